The quantitative estimate of drug-likeness (QED) is 0.547. The molecule has 0 aliphatic carbocycles. The zero-order chi connectivity index (χ0) is 24.0. The molecule has 2 aliphatic heterocycles. The third-order valence-electron chi connectivity index (χ3n) is 6.45. The van der Waals surface area contributed by atoms with Crippen LogP contribution < -0.4 is 5.73 Å². The van der Waals surface area contributed by atoms with Crippen LogP contribution in [0.15, 0.2) is 30.6 Å². The monoisotopic (exact) mass is 460 g/mol. The predicted molar refractivity (Wildman–Crippen MR) is 119 cm³/mol. The van der Waals surface area contributed by atoms with E-state index in [1.165, 1.54) is 16.1 Å². The van der Waals surface area contributed by atoms with E-state index in [4.69, 9.17) is 15.7 Å². The Hall–Kier alpha value is -3.69. The fraction of sp³-hybridized carbons (Fsp3) is 0.348. The first kappa shape index (κ1) is 22.1. The summed E-state index contributed by atoms with van der Waals surface area (Å²) >= 11 is 0. The molecule has 1 aromatic carbocycles. The maximum Gasteiger partial charge on any atom is 0.338 e. The number of hydroxylamine groups is 2. The number of nitrogens with zero attached hydrogens (tertiary/aromatic N) is 7. The van der Waals surface area contributed by atoms with Crippen LogP contribution in [0.3, 0.4) is 0 Å². The minimum absolute atomic E-state index is 0.244. The summed E-state index contributed by atoms with van der Waals surface area (Å²) in [4.78, 5) is 19.7. The molecule has 174 valence electrons. The summed E-state index contributed by atoms with van der Waals surface area (Å²) in [5.74, 6) is 0.213. The number of piperazine rings is 1. The number of carbonyl (C=O) groups excluding carboxylic acids is 1. The van der Waals surface area contributed by atoms with Crippen LogP contribution >= 0.6 is 0 Å². The summed E-state index contributed by atoms with van der Waals surface area (Å²) in [5.41, 5.74) is 11.6. The smallest absolute Gasteiger partial charge is 0.338 e. The summed E-state index contributed by atoms with van der Waals surface area (Å²) in [6, 6.07) is 7.11. The maximum absolute atomic E-state index is 11.9. The number of ether oxygens (including phenoxy) is 1. The fourth-order valence-electron chi connectivity index (χ4n) is 4.55. The Morgan fingerprint density at radius 3 is 2.88 bits per heavy atom. The molecule has 1 saturated heterocycles. The van der Waals surface area contributed by atoms with Gasteiger partial charge >= 0.3 is 5.97 Å². The SMILES string of the molecule is Cc1cc(-n2ncc(CN3C[C@H](N)N(O)[C@H](c4ccc5c(c4C)COC5=O)C3)n2)ncc1C#N. The first-order valence-corrected chi connectivity index (χ1v) is 10.9. The summed E-state index contributed by atoms with van der Waals surface area (Å²) in [6.07, 6.45) is 2.59. The molecule has 0 unspecified atom stereocenters. The van der Waals surface area contributed by atoms with Crippen LogP contribution in [0, 0.1) is 25.2 Å². The number of pyridine rings is 1. The predicted octanol–water partition coefficient (Wildman–Crippen LogP) is 1.35. The Morgan fingerprint density at radius 2 is 2.12 bits per heavy atom. The van der Waals surface area contributed by atoms with Gasteiger partial charge in [-0.15, -0.1) is 4.80 Å². The molecule has 0 bridgehead atoms. The molecule has 4 heterocycles. The lowest BCUT2D eigenvalue weighted by Gasteiger charge is -2.42. The number of cyclic esters (lactones) is 1. The van der Waals surface area contributed by atoms with E-state index in [9.17, 15) is 10.0 Å². The van der Waals surface area contributed by atoms with E-state index < -0.39 is 6.17 Å². The number of hydrogen-bond acceptors (Lipinski definition) is 10. The van der Waals surface area contributed by atoms with Crippen molar-refractivity contribution in [3.63, 3.8) is 0 Å². The van der Waals surface area contributed by atoms with Crippen molar-refractivity contribution in [2.24, 2.45) is 5.73 Å². The summed E-state index contributed by atoms with van der Waals surface area (Å²) in [6.45, 7) is 5.46. The van der Waals surface area contributed by atoms with Crippen LogP contribution in [0.5, 0.6) is 0 Å². The van der Waals surface area contributed by atoms with Gasteiger partial charge in [-0.2, -0.15) is 20.5 Å². The molecule has 3 N–H and O–H groups in total. The minimum Gasteiger partial charge on any atom is -0.457 e. The standard InChI is InChI=1S/C23H24N8O3/c1-13-5-22(26-7-15(13)6-24)31-27-8-16(28-31)9-29-10-20(30(33)21(25)11-29)17-3-4-18-19(14(17)2)12-34-23(18)32/h3-5,7-8,20-21,33H,9-12,25H2,1-2H3/t20-,21+/m0/s1. The number of hydrogen-bond donors (Lipinski definition) is 2. The van der Waals surface area contributed by atoms with Crippen molar-refractivity contribution in [2.45, 2.75) is 39.2 Å². The number of nitriles is 1. The Labute approximate surface area is 195 Å². The topological polar surface area (TPSA) is 146 Å². The van der Waals surface area contributed by atoms with Crippen LogP contribution in [0.25, 0.3) is 5.82 Å². The first-order valence-electron chi connectivity index (χ1n) is 10.9. The lowest BCUT2D eigenvalue weighted by Crippen LogP contribution is -2.57. The van der Waals surface area contributed by atoms with Gasteiger partial charge in [0, 0.05) is 31.4 Å². The molecule has 0 spiro atoms. The van der Waals surface area contributed by atoms with Crippen molar-refractivity contribution < 1.29 is 14.7 Å². The number of aryl methyl sites for hydroxylation is 1. The average Bonchev–Trinajstić information content (AvgIpc) is 3.44. The number of fused-ring (bicyclic) bond motifs is 1. The second kappa shape index (κ2) is 8.58. The molecule has 5 rings (SSSR count). The van der Waals surface area contributed by atoms with Crippen molar-refractivity contribution in [1.29, 1.82) is 5.26 Å². The van der Waals surface area contributed by atoms with Crippen molar-refractivity contribution in [3.8, 4) is 11.9 Å². The summed E-state index contributed by atoms with van der Waals surface area (Å²) < 4.78 is 5.16. The van der Waals surface area contributed by atoms with E-state index in [-0.39, 0.29) is 18.6 Å². The first-order chi connectivity index (χ1) is 16.4. The van der Waals surface area contributed by atoms with Gasteiger partial charge in [0.25, 0.3) is 0 Å². The molecule has 1 fully saturated rings. The minimum atomic E-state index is -0.595. The average molecular weight is 460 g/mol. The Morgan fingerprint density at radius 1 is 1.29 bits per heavy atom. The normalized spacial score (nSPS) is 20.7. The third kappa shape index (κ3) is 3.82. The Kier molecular flexibility index (Phi) is 5.59. The highest BCUT2D eigenvalue weighted by Crippen LogP contribution is 2.33. The van der Waals surface area contributed by atoms with Gasteiger partial charge in [0.15, 0.2) is 5.82 Å². The molecular formula is C23H24N8O3. The van der Waals surface area contributed by atoms with Crippen molar-refractivity contribution in [2.75, 3.05) is 13.1 Å². The summed E-state index contributed by atoms with van der Waals surface area (Å²) in [7, 11) is 0. The number of esters is 1. The largest absolute Gasteiger partial charge is 0.457 e. The van der Waals surface area contributed by atoms with E-state index in [1.807, 2.05) is 19.9 Å². The van der Waals surface area contributed by atoms with Crippen LogP contribution in [0.2, 0.25) is 0 Å². The second-order valence-corrected chi connectivity index (χ2v) is 8.63. The molecule has 34 heavy (non-hydrogen) atoms. The number of aromatic nitrogens is 4. The zero-order valence-corrected chi connectivity index (χ0v) is 18.8. The lowest BCUT2D eigenvalue weighted by atomic mass is 9.92. The maximum atomic E-state index is 11.9. The fourth-order valence-corrected chi connectivity index (χ4v) is 4.55. The van der Waals surface area contributed by atoms with Crippen LogP contribution in [0.4, 0.5) is 0 Å². The van der Waals surface area contributed by atoms with Gasteiger partial charge in [-0.1, -0.05) is 6.07 Å². The van der Waals surface area contributed by atoms with E-state index in [0.29, 0.717) is 36.6 Å². The molecule has 2 atom stereocenters. The molecule has 11 heteroatoms. The number of benzene rings is 1. The number of carbonyl (C=O) groups is 1. The van der Waals surface area contributed by atoms with Crippen LogP contribution in [0.1, 0.15) is 49.9 Å². The van der Waals surface area contributed by atoms with Gasteiger partial charge in [-0.05, 0) is 42.7 Å². The van der Waals surface area contributed by atoms with Crippen molar-refractivity contribution in [1.82, 2.24) is 29.9 Å². The highest BCUT2D eigenvalue weighted by Gasteiger charge is 2.35. The second-order valence-electron chi connectivity index (χ2n) is 8.63. The number of rotatable bonds is 4. The molecule has 3 aromatic rings. The highest BCUT2D eigenvalue weighted by molar-refractivity contribution is 5.94. The molecule has 0 radical (unpaired) electrons. The van der Waals surface area contributed by atoms with Gasteiger partial charge in [0.2, 0.25) is 0 Å². The molecular weight excluding hydrogens is 436 g/mol. The Balaban J connectivity index is 1.36. The van der Waals surface area contributed by atoms with E-state index in [1.54, 1.807) is 18.3 Å². The van der Waals surface area contributed by atoms with E-state index in [0.717, 1.165) is 27.9 Å². The molecule has 2 aromatic heterocycles. The Bertz CT molecular complexity index is 1310. The van der Waals surface area contributed by atoms with Crippen LogP contribution in [-0.4, -0.2) is 60.4 Å². The van der Waals surface area contributed by atoms with E-state index in [2.05, 4.69) is 26.2 Å². The van der Waals surface area contributed by atoms with Crippen molar-refractivity contribution >= 4 is 5.97 Å². The molecule has 2 aliphatic rings. The molecule has 11 nitrogen and oxygen atoms in total. The molecule has 0 saturated carbocycles. The van der Waals surface area contributed by atoms with E-state index >= 15 is 0 Å². The number of nitrogens with two attached hydrogens (primary N) is 1. The van der Waals surface area contributed by atoms with Gasteiger partial charge in [-0.25, -0.2) is 9.78 Å². The van der Waals surface area contributed by atoms with Gasteiger partial charge in [-0.3, -0.25) is 4.90 Å². The molecule has 0 amide bonds. The van der Waals surface area contributed by atoms with Gasteiger partial charge < -0.3 is 15.7 Å². The summed E-state index contributed by atoms with van der Waals surface area (Å²) in [5, 5.41) is 29.9. The third-order valence-corrected chi connectivity index (χ3v) is 6.45. The zero-order valence-electron chi connectivity index (χ0n) is 18.8. The highest BCUT2D eigenvalue weighted by atomic mass is 16.5. The van der Waals surface area contributed by atoms with Crippen LogP contribution in [-0.2, 0) is 17.9 Å². The van der Waals surface area contributed by atoms with Crippen molar-refractivity contribution in [3.05, 3.63) is 69.7 Å². The lowest BCUT2D eigenvalue weighted by molar-refractivity contribution is -0.192. The van der Waals surface area contributed by atoms with Gasteiger partial charge in [0.05, 0.1) is 35.2 Å². The van der Waals surface area contributed by atoms with Gasteiger partial charge in [0.1, 0.15) is 12.7 Å².